The number of allylic oxidation sites excluding steroid dienone is 1. The molecule has 1 aliphatic heterocycles. The number of benzene rings is 1. The van der Waals surface area contributed by atoms with E-state index in [2.05, 4.69) is 0 Å². The Labute approximate surface area is 98.5 Å². The average molecular weight is 228 g/mol. The van der Waals surface area contributed by atoms with Crippen LogP contribution >= 0.6 is 0 Å². The molecule has 3 rings (SSSR count). The van der Waals surface area contributed by atoms with Gasteiger partial charge in [0.2, 0.25) is 0 Å². The molecular weight excluding hydrogens is 216 g/mol. The molecule has 1 aromatic rings. The van der Waals surface area contributed by atoms with Crippen molar-refractivity contribution in [2.24, 2.45) is 11.7 Å². The predicted molar refractivity (Wildman–Crippen MR) is 64.5 cm³/mol. The molecule has 4 N–H and O–H groups in total. The summed E-state index contributed by atoms with van der Waals surface area (Å²) < 4.78 is 5.75. The molecule has 0 bridgehead atoms. The SMILES string of the molecule is NC1=CC2Oc3cc(N)ccc3C(=O)C2C=C1. The molecule has 2 atom stereocenters. The summed E-state index contributed by atoms with van der Waals surface area (Å²) in [6.45, 7) is 0. The first-order chi connectivity index (χ1) is 8.15. The van der Waals surface area contributed by atoms with E-state index in [1.807, 2.05) is 0 Å². The standard InChI is InChI=1S/C13H12N2O2/c14-7-1-3-9-11(5-7)17-12-6-8(15)2-4-10(12)13(9)16/h1-6,9,11H,14-15H2. The number of carbonyl (C=O) groups is 1. The summed E-state index contributed by atoms with van der Waals surface area (Å²) in [4.78, 5) is 12.2. The third-order valence-electron chi connectivity index (χ3n) is 3.04. The van der Waals surface area contributed by atoms with E-state index in [0.29, 0.717) is 22.7 Å². The van der Waals surface area contributed by atoms with Crippen LogP contribution in [0, 0.1) is 5.92 Å². The van der Waals surface area contributed by atoms with E-state index in [-0.39, 0.29) is 17.8 Å². The summed E-state index contributed by atoms with van der Waals surface area (Å²) in [5.74, 6) is 0.310. The van der Waals surface area contributed by atoms with Gasteiger partial charge >= 0.3 is 0 Å². The number of Topliss-reactive ketones (excluding diaryl/α,β-unsaturated/α-hetero) is 1. The quantitative estimate of drug-likeness (QED) is 0.655. The van der Waals surface area contributed by atoms with Crippen molar-refractivity contribution < 1.29 is 9.53 Å². The molecule has 1 aromatic carbocycles. The fraction of sp³-hybridized carbons (Fsp3) is 0.154. The zero-order chi connectivity index (χ0) is 12.0. The molecule has 4 heteroatoms. The maximum Gasteiger partial charge on any atom is 0.177 e. The number of ether oxygens (including phenoxy) is 1. The lowest BCUT2D eigenvalue weighted by molar-refractivity contribution is 0.0806. The van der Waals surface area contributed by atoms with Gasteiger partial charge in [-0.25, -0.2) is 0 Å². The summed E-state index contributed by atoms with van der Waals surface area (Å²) >= 11 is 0. The third-order valence-corrected chi connectivity index (χ3v) is 3.04. The molecule has 4 nitrogen and oxygen atoms in total. The zero-order valence-corrected chi connectivity index (χ0v) is 9.09. The van der Waals surface area contributed by atoms with Crippen molar-refractivity contribution in [1.29, 1.82) is 0 Å². The van der Waals surface area contributed by atoms with Gasteiger partial charge in [0.15, 0.2) is 5.78 Å². The van der Waals surface area contributed by atoms with E-state index < -0.39 is 0 Å². The van der Waals surface area contributed by atoms with Crippen LogP contribution in [0.3, 0.4) is 0 Å². The topological polar surface area (TPSA) is 78.3 Å². The van der Waals surface area contributed by atoms with Gasteiger partial charge in [0.25, 0.3) is 0 Å². The van der Waals surface area contributed by atoms with E-state index in [1.54, 1.807) is 36.4 Å². The van der Waals surface area contributed by atoms with Gasteiger partial charge in [-0.1, -0.05) is 6.08 Å². The molecular formula is C13H12N2O2. The Morgan fingerprint density at radius 3 is 2.88 bits per heavy atom. The Bertz CT molecular complexity index is 561. The summed E-state index contributed by atoms with van der Waals surface area (Å²) in [6.07, 6.45) is 4.97. The normalized spacial score (nSPS) is 25.6. The molecule has 1 aliphatic carbocycles. The Hall–Kier alpha value is -2.23. The second-order valence-corrected chi connectivity index (χ2v) is 4.25. The van der Waals surface area contributed by atoms with Crippen molar-refractivity contribution in [1.82, 2.24) is 0 Å². The third kappa shape index (κ3) is 1.49. The number of ketones is 1. The molecule has 0 fully saturated rings. The highest BCUT2D eigenvalue weighted by atomic mass is 16.5. The molecule has 0 amide bonds. The lowest BCUT2D eigenvalue weighted by Gasteiger charge is -2.31. The van der Waals surface area contributed by atoms with Crippen LogP contribution in [0.4, 0.5) is 5.69 Å². The van der Waals surface area contributed by atoms with Crippen LogP contribution in [0.5, 0.6) is 5.75 Å². The second kappa shape index (κ2) is 3.38. The lowest BCUT2D eigenvalue weighted by Crippen LogP contribution is -2.37. The van der Waals surface area contributed by atoms with Crippen molar-refractivity contribution in [2.45, 2.75) is 6.10 Å². The van der Waals surface area contributed by atoms with Gasteiger partial charge in [0, 0.05) is 17.5 Å². The van der Waals surface area contributed by atoms with Gasteiger partial charge in [0.05, 0.1) is 11.5 Å². The number of anilines is 1. The van der Waals surface area contributed by atoms with E-state index in [4.69, 9.17) is 16.2 Å². The number of nitrogen functional groups attached to an aromatic ring is 1. The monoisotopic (exact) mass is 228 g/mol. The van der Waals surface area contributed by atoms with Gasteiger partial charge in [-0.05, 0) is 24.3 Å². The lowest BCUT2D eigenvalue weighted by atomic mass is 9.86. The summed E-state index contributed by atoms with van der Waals surface area (Å²) in [5.41, 5.74) is 13.2. The summed E-state index contributed by atoms with van der Waals surface area (Å²) in [5, 5.41) is 0. The first kappa shape index (κ1) is 9.96. The smallest absolute Gasteiger partial charge is 0.177 e. The van der Waals surface area contributed by atoms with Crippen molar-refractivity contribution in [3.05, 3.63) is 47.7 Å². The van der Waals surface area contributed by atoms with Crippen LogP contribution in [0.15, 0.2) is 42.1 Å². The molecule has 0 saturated carbocycles. The Kier molecular flexibility index (Phi) is 1.98. The maximum atomic E-state index is 12.2. The van der Waals surface area contributed by atoms with Crippen LogP contribution in [0.2, 0.25) is 0 Å². The van der Waals surface area contributed by atoms with Crippen molar-refractivity contribution in [3.8, 4) is 5.75 Å². The predicted octanol–water partition coefficient (Wildman–Crippen LogP) is 1.24. The van der Waals surface area contributed by atoms with Crippen LogP contribution in [-0.2, 0) is 0 Å². The highest BCUT2D eigenvalue weighted by Gasteiger charge is 2.35. The minimum absolute atomic E-state index is 0.0521. The fourth-order valence-corrected chi connectivity index (χ4v) is 2.18. The van der Waals surface area contributed by atoms with E-state index in [0.717, 1.165) is 0 Å². The fourth-order valence-electron chi connectivity index (χ4n) is 2.18. The molecule has 2 unspecified atom stereocenters. The second-order valence-electron chi connectivity index (χ2n) is 4.25. The van der Waals surface area contributed by atoms with Crippen LogP contribution in [-0.4, -0.2) is 11.9 Å². The minimum atomic E-state index is -0.318. The zero-order valence-electron chi connectivity index (χ0n) is 9.09. The maximum absolute atomic E-state index is 12.2. The van der Waals surface area contributed by atoms with Crippen molar-refractivity contribution in [3.63, 3.8) is 0 Å². The average Bonchev–Trinajstić information content (AvgIpc) is 2.28. The molecule has 2 aliphatic rings. The first-order valence-corrected chi connectivity index (χ1v) is 5.41. The summed E-state index contributed by atoms with van der Waals surface area (Å²) in [7, 11) is 0. The number of hydrogen-bond donors (Lipinski definition) is 2. The van der Waals surface area contributed by atoms with Crippen LogP contribution in [0.25, 0.3) is 0 Å². The van der Waals surface area contributed by atoms with Gasteiger partial charge in [-0.3, -0.25) is 4.79 Å². The highest BCUT2D eigenvalue weighted by molar-refractivity contribution is 6.03. The van der Waals surface area contributed by atoms with Crippen LogP contribution < -0.4 is 16.2 Å². The molecule has 86 valence electrons. The van der Waals surface area contributed by atoms with Gasteiger partial charge in [0.1, 0.15) is 11.9 Å². The van der Waals surface area contributed by atoms with Gasteiger partial charge < -0.3 is 16.2 Å². The Morgan fingerprint density at radius 2 is 2.06 bits per heavy atom. The van der Waals surface area contributed by atoms with Crippen LogP contribution in [0.1, 0.15) is 10.4 Å². The Balaban J connectivity index is 2.09. The molecule has 17 heavy (non-hydrogen) atoms. The molecule has 0 saturated heterocycles. The van der Waals surface area contributed by atoms with E-state index in [1.165, 1.54) is 0 Å². The molecule has 1 heterocycles. The van der Waals surface area contributed by atoms with Crippen molar-refractivity contribution in [2.75, 3.05) is 5.73 Å². The van der Waals surface area contributed by atoms with Crippen molar-refractivity contribution >= 4 is 11.5 Å². The molecule has 0 aromatic heterocycles. The first-order valence-electron chi connectivity index (χ1n) is 5.41. The summed E-state index contributed by atoms with van der Waals surface area (Å²) in [6, 6.07) is 5.09. The highest BCUT2D eigenvalue weighted by Crippen LogP contribution is 2.35. The largest absolute Gasteiger partial charge is 0.484 e. The van der Waals surface area contributed by atoms with Gasteiger partial charge in [-0.15, -0.1) is 0 Å². The number of hydrogen-bond acceptors (Lipinski definition) is 4. The number of carbonyl (C=O) groups excluding carboxylic acids is 1. The molecule has 0 spiro atoms. The Morgan fingerprint density at radius 1 is 1.24 bits per heavy atom. The number of fused-ring (bicyclic) bond motifs is 2. The minimum Gasteiger partial charge on any atom is -0.484 e. The number of rotatable bonds is 0. The molecule has 0 radical (unpaired) electrons. The van der Waals surface area contributed by atoms with Gasteiger partial charge in [-0.2, -0.15) is 0 Å². The number of nitrogens with two attached hydrogens (primary N) is 2. The van der Waals surface area contributed by atoms with E-state index >= 15 is 0 Å². The van der Waals surface area contributed by atoms with E-state index in [9.17, 15) is 4.79 Å².